The van der Waals surface area contributed by atoms with Gasteiger partial charge in [-0.25, -0.2) is 0 Å². The molecule has 1 heterocycles. The molecule has 27 heavy (non-hydrogen) atoms. The van der Waals surface area contributed by atoms with Crippen LogP contribution in [0.2, 0.25) is 0 Å². The summed E-state index contributed by atoms with van der Waals surface area (Å²) >= 11 is 0. The maximum atomic E-state index is 12.5. The van der Waals surface area contributed by atoms with Crippen molar-refractivity contribution in [3.05, 3.63) is 29.3 Å². The fourth-order valence-corrected chi connectivity index (χ4v) is 3.93. The van der Waals surface area contributed by atoms with Crippen LogP contribution in [0.3, 0.4) is 0 Å². The number of benzene rings is 1. The molecule has 0 bridgehead atoms. The van der Waals surface area contributed by atoms with E-state index in [1.807, 2.05) is 17.0 Å². The summed E-state index contributed by atoms with van der Waals surface area (Å²) in [5.41, 5.74) is 14.6. The number of nitrogens with zero attached hydrogens (tertiary/aromatic N) is 2. The van der Waals surface area contributed by atoms with Crippen LogP contribution in [0.15, 0.2) is 18.2 Å². The van der Waals surface area contributed by atoms with E-state index >= 15 is 0 Å². The van der Waals surface area contributed by atoms with Gasteiger partial charge < -0.3 is 21.7 Å². The average molecular weight is 374 g/mol. The van der Waals surface area contributed by atoms with E-state index in [1.54, 1.807) is 13.0 Å². The van der Waals surface area contributed by atoms with Crippen LogP contribution in [0.5, 0.6) is 0 Å². The summed E-state index contributed by atoms with van der Waals surface area (Å²) in [6, 6.07) is 5.60. The second kappa shape index (κ2) is 8.71. The van der Waals surface area contributed by atoms with Gasteiger partial charge in [0.2, 0.25) is 5.91 Å². The molecule has 0 aromatic heterocycles. The van der Waals surface area contributed by atoms with Gasteiger partial charge in [-0.3, -0.25) is 14.5 Å². The highest BCUT2D eigenvalue weighted by atomic mass is 16.2. The van der Waals surface area contributed by atoms with E-state index in [1.165, 1.54) is 0 Å². The van der Waals surface area contributed by atoms with Crippen molar-refractivity contribution in [3.63, 3.8) is 0 Å². The molecule has 7 nitrogen and oxygen atoms in total. The summed E-state index contributed by atoms with van der Waals surface area (Å²) in [4.78, 5) is 28.1. The molecule has 1 saturated carbocycles. The molecule has 7 heteroatoms. The van der Waals surface area contributed by atoms with Crippen molar-refractivity contribution in [3.8, 4) is 0 Å². The quantitative estimate of drug-likeness (QED) is 0.681. The number of rotatable bonds is 4. The first kappa shape index (κ1) is 19.6. The summed E-state index contributed by atoms with van der Waals surface area (Å²) in [6.07, 6.45) is 4.14. The average Bonchev–Trinajstić information content (AvgIpc) is 2.65. The van der Waals surface area contributed by atoms with Crippen molar-refractivity contribution in [1.82, 2.24) is 15.1 Å². The van der Waals surface area contributed by atoms with Crippen molar-refractivity contribution in [2.75, 3.05) is 31.9 Å². The van der Waals surface area contributed by atoms with Crippen molar-refractivity contribution in [2.45, 2.75) is 51.2 Å². The predicted molar refractivity (Wildman–Crippen MR) is 106 cm³/mol. The summed E-state index contributed by atoms with van der Waals surface area (Å²) in [5.74, 6) is 0.0212. The predicted octanol–water partition coefficient (Wildman–Crippen LogP) is 0.933. The first-order chi connectivity index (χ1) is 12.9. The Kier molecular flexibility index (Phi) is 6.34. The minimum absolute atomic E-state index is 0.0352. The number of hydrogen-bond donors (Lipinski definition) is 3. The zero-order chi connectivity index (χ0) is 19.4. The molecular weight excluding hydrogens is 342 g/mol. The first-order valence-corrected chi connectivity index (χ1v) is 9.87. The van der Waals surface area contributed by atoms with Gasteiger partial charge in [-0.15, -0.1) is 0 Å². The molecular formula is C20H31N5O2. The molecule has 2 amide bonds. The highest BCUT2D eigenvalue weighted by Crippen LogP contribution is 2.20. The molecule has 1 aromatic rings. The highest BCUT2D eigenvalue weighted by Gasteiger charge is 2.24. The SMILES string of the molecule is CC(=O)N1CCN(Cc2ccc(C(=O)NC3CCCCC3N)cc2N)CC1. The van der Waals surface area contributed by atoms with Crippen LogP contribution in [0.1, 0.15) is 48.5 Å². The lowest BCUT2D eigenvalue weighted by molar-refractivity contribution is -0.130. The number of hydrogen-bond acceptors (Lipinski definition) is 5. The Labute approximate surface area is 161 Å². The number of carbonyl (C=O) groups excluding carboxylic acids is 2. The van der Waals surface area contributed by atoms with Gasteiger partial charge in [-0.1, -0.05) is 18.9 Å². The molecule has 0 spiro atoms. The van der Waals surface area contributed by atoms with Gasteiger partial charge in [0, 0.05) is 63.0 Å². The number of carbonyl (C=O) groups is 2. The maximum absolute atomic E-state index is 12.5. The first-order valence-electron chi connectivity index (χ1n) is 9.87. The van der Waals surface area contributed by atoms with Crippen LogP contribution in [-0.4, -0.2) is 59.9 Å². The Morgan fingerprint density at radius 1 is 1.15 bits per heavy atom. The largest absolute Gasteiger partial charge is 0.398 e. The van der Waals surface area contributed by atoms with Crippen LogP contribution in [0, 0.1) is 0 Å². The standard InChI is InChI=1S/C20H31N5O2/c1-14(26)25-10-8-24(9-11-25)13-16-7-6-15(12-18(16)22)20(27)23-19-5-3-2-4-17(19)21/h6-7,12,17,19H,2-5,8-11,13,21-22H2,1H3,(H,23,27). The van der Waals surface area contributed by atoms with Crippen LogP contribution in [-0.2, 0) is 11.3 Å². The van der Waals surface area contributed by atoms with E-state index in [4.69, 9.17) is 11.5 Å². The Bertz CT molecular complexity index is 685. The zero-order valence-electron chi connectivity index (χ0n) is 16.1. The van der Waals surface area contributed by atoms with Crippen LogP contribution >= 0.6 is 0 Å². The summed E-state index contributed by atoms with van der Waals surface area (Å²) in [7, 11) is 0. The van der Waals surface area contributed by atoms with Gasteiger partial charge in [-0.05, 0) is 30.5 Å². The van der Waals surface area contributed by atoms with E-state index in [9.17, 15) is 9.59 Å². The fraction of sp³-hybridized carbons (Fsp3) is 0.600. The summed E-state index contributed by atoms with van der Waals surface area (Å²) in [6.45, 7) is 5.50. The van der Waals surface area contributed by atoms with E-state index < -0.39 is 0 Å². The molecule has 0 radical (unpaired) electrons. The monoisotopic (exact) mass is 373 g/mol. The molecule has 1 aliphatic heterocycles. The molecule has 2 fully saturated rings. The third-order valence-corrected chi connectivity index (χ3v) is 5.76. The van der Waals surface area contributed by atoms with E-state index in [2.05, 4.69) is 10.2 Å². The lowest BCUT2D eigenvalue weighted by atomic mass is 9.91. The molecule has 2 unspecified atom stereocenters. The highest BCUT2D eigenvalue weighted by molar-refractivity contribution is 5.95. The molecule has 5 N–H and O–H groups in total. The van der Waals surface area contributed by atoms with Gasteiger partial charge in [-0.2, -0.15) is 0 Å². The van der Waals surface area contributed by atoms with Crippen LogP contribution in [0.4, 0.5) is 5.69 Å². The van der Waals surface area contributed by atoms with Gasteiger partial charge in [0.15, 0.2) is 0 Å². The van der Waals surface area contributed by atoms with Gasteiger partial charge >= 0.3 is 0 Å². The van der Waals surface area contributed by atoms with Gasteiger partial charge in [0.1, 0.15) is 0 Å². The molecule has 2 aliphatic rings. The molecule has 1 aliphatic carbocycles. The number of nitrogens with one attached hydrogen (secondary N) is 1. The second-order valence-electron chi connectivity index (χ2n) is 7.72. The molecule has 1 saturated heterocycles. The van der Waals surface area contributed by atoms with E-state index in [0.717, 1.165) is 64.0 Å². The zero-order valence-corrected chi connectivity index (χ0v) is 16.1. The van der Waals surface area contributed by atoms with E-state index in [-0.39, 0.29) is 23.9 Å². The van der Waals surface area contributed by atoms with Crippen molar-refractivity contribution in [2.24, 2.45) is 5.73 Å². The Morgan fingerprint density at radius 2 is 1.85 bits per heavy atom. The smallest absolute Gasteiger partial charge is 0.251 e. The number of nitrogens with two attached hydrogens (primary N) is 2. The lowest BCUT2D eigenvalue weighted by Gasteiger charge is -2.34. The van der Waals surface area contributed by atoms with Gasteiger partial charge in [0.05, 0.1) is 0 Å². The topological polar surface area (TPSA) is 105 Å². The minimum atomic E-state index is -0.106. The number of nitrogen functional groups attached to an aromatic ring is 1. The fourth-order valence-electron chi connectivity index (χ4n) is 3.93. The number of piperazine rings is 1. The van der Waals surface area contributed by atoms with Crippen LogP contribution in [0.25, 0.3) is 0 Å². The molecule has 148 valence electrons. The maximum Gasteiger partial charge on any atom is 0.251 e. The lowest BCUT2D eigenvalue weighted by Crippen LogP contribution is -2.49. The van der Waals surface area contributed by atoms with E-state index in [0.29, 0.717) is 11.3 Å². The minimum Gasteiger partial charge on any atom is -0.398 e. The van der Waals surface area contributed by atoms with Crippen LogP contribution < -0.4 is 16.8 Å². The third-order valence-electron chi connectivity index (χ3n) is 5.76. The normalized spacial score (nSPS) is 23.9. The Hall–Kier alpha value is -2.12. The van der Waals surface area contributed by atoms with Gasteiger partial charge in [0.25, 0.3) is 5.91 Å². The van der Waals surface area contributed by atoms with Crippen molar-refractivity contribution < 1.29 is 9.59 Å². The molecule has 2 atom stereocenters. The van der Waals surface area contributed by atoms with Crippen molar-refractivity contribution in [1.29, 1.82) is 0 Å². The number of anilines is 1. The summed E-state index contributed by atoms with van der Waals surface area (Å²) in [5, 5.41) is 3.06. The molecule has 1 aromatic carbocycles. The Balaban J connectivity index is 1.57. The second-order valence-corrected chi connectivity index (χ2v) is 7.72. The third kappa shape index (κ3) is 4.99. The Morgan fingerprint density at radius 3 is 2.48 bits per heavy atom. The molecule has 3 rings (SSSR count). The van der Waals surface area contributed by atoms with Crippen molar-refractivity contribution >= 4 is 17.5 Å². The summed E-state index contributed by atoms with van der Waals surface area (Å²) < 4.78 is 0. The number of amides is 2.